The molecule has 8 heteroatoms. The molecule has 0 spiro atoms. The Morgan fingerprint density at radius 1 is 1.30 bits per heavy atom. The molecular formula is C12H24N2O6. The molecular weight excluding hydrogens is 268 g/mol. The number of ether oxygens (including phenoxy) is 2. The summed E-state index contributed by atoms with van der Waals surface area (Å²) >= 11 is 0. The standard InChI is InChI=1S/C12H24N2O6/c1-9(8-20-3)14(6-7-19-2)12(18)13-5-4-10(15)11(16)17/h9-10,15H,4-8H2,1-3H3,(H,13,18)(H,16,17). The van der Waals surface area contributed by atoms with Crippen LogP contribution >= 0.6 is 0 Å². The summed E-state index contributed by atoms with van der Waals surface area (Å²) < 4.78 is 9.95. The van der Waals surface area contributed by atoms with Gasteiger partial charge in [-0.15, -0.1) is 0 Å². The summed E-state index contributed by atoms with van der Waals surface area (Å²) in [6.07, 6.45) is -1.52. The van der Waals surface area contributed by atoms with Crippen molar-refractivity contribution in [3.63, 3.8) is 0 Å². The molecule has 0 bridgehead atoms. The number of carbonyl (C=O) groups is 2. The molecule has 0 radical (unpaired) electrons. The van der Waals surface area contributed by atoms with E-state index in [1.165, 1.54) is 0 Å². The first kappa shape index (κ1) is 18.6. The van der Waals surface area contributed by atoms with Gasteiger partial charge >= 0.3 is 12.0 Å². The minimum Gasteiger partial charge on any atom is -0.479 e. The summed E-state index contributed by atoms with van der Waals surface area (Å²) in [4.78, 5) is 24.0. The first-order chi connectivity index (χ1) is 9.43. The average Bonchev–Trinajstić information content (AvgIpc) is 2.39. The molecule has 0 saturated heterocycles. The zero-order valence-corrected chi connectivity index (χ0v) is 12.2. The lowest BCUT2D eigenvalue weighted by atomic mass is 10.2. The van der Waals surface area contributed by atoms with E-state index in [0.717, 1.165) is 0 Å². The first-order valence-electron chi connectivity index (χ1n) is 6.37. The van der Waals surface area contributed by atoms with Gasteiger partial charge < -0.3 is 29.9 Å². The fourth-order valence-electron chi connectivity index (χ4n) is 1.58. The van der Waals surface area contributed by atoms with Gasteiger partial charge in [0.25, 0.3) is 0 Å². The largest absolute Gasteiger partial charge is 0.479 e. The summed E-state index contributed by atoms with van der Waals surface area (Å²) in [6.45, 7) is 3.09. The smallest absolute Gasteiger partial charge is 0.332 e. The molecule has 20 heavy (non-hydrogen) atoms. The maximum absolute atomic E-state index is 12.0. The maximum atomic E-state index is 12.0. The lowest BCUT2D eigenvalue weighted by molar-refractivity contribution is -0.146. The highest BCUT2D eigenvalue weighted by Gasteiger charge is 2.20. The van der Waals surface area contributed by atoms with Crippen molar-refractivity contribution in [2.75, 3.05) is 40.5 Å². The number of carboxylic acid groups (broad SMARTS) is 1. The summed E-state index contributed by atoms with van der Waals surface area (Å²) in [5.74, 6) is -1.30. The third-order valence-corrected chi connectivity index (χ3v) is 2.72. The average molecular weight is 292 g/mol. The van der Waals surface area contributed by atoms with Crippen molar-refractivity contribution in [2.24, 2.45) is 0 Å². The molecule has 0 aliphatic heterocycles. The third kappa shape index (κ3) is 7.27. The van der Waals surface area contributed by atoms with Crippen molar-refractivity contribution in [3.05, 3.63) is 0 Å². The van der Waals surface area contributed by atoms with Crippen molar-refractivity contribution >= 4 is 12.0 Å². The monoisotopic (exact) mass is 292 g/mol. The zero-order valence-electron chi connectivity index (χ0n) is 12.2. The number of rotatable bonds is 10. The third-order valence-electron chi connectivity index (χ3n) is 2.72. The van der Waals surface area contributed by atoms with Crippen LogP contribution in [0.25, 0.3) is 0 Å². The van der Waals surface area contributed by atoms with E-state index in [0.29, 0.717) is 19.8 Å². The van der Waals surface area contributed by atoms with Crippen LogP contribution in [-0.4, -0.2) is 79.8 Å². The van der Waals surface area contributed by atoms with Crippen LogP contribution in [0.2, 0.25) is 0 Å². The number of aliphatic hydroxyl groups is 1. The minimum absolute atomic E-state index is 0.0438. The number of nitrogens with one attached hydrogen (secondary N) is 1. The normalized spacial score (nSPS) is 13.6. The summed E-state index contributed by atoms with van der Waals surface area (Å²) in [5, 5.41) is 20.2. The summed E-state index contributed by atoms with van der Waals surface area (Å²) in [6, 6.07) is -0.483. The van der Waals surface area contributed by atoms with Crippen LogP contribution in [0.15, 0.2) is 0 Å². The Morgan fingerprint density at radius 2 is 1.95 bits per heavy atom. The van der Waals surface area contributed by atoms with Gasteiger partial charge in [-0.25, -0.2) is 9.59 Å². The number of hydrogen-bond acceptors (Lipinski definition) is 5. The fraction of sp³-hybridized carbons (Fsp3) is 0.833. The molecule has 0 aliphatic rings. The Labute approximate surface area is 118 Å². The van der Waals surface area contributed by atoms with Crippen LogP contribution in [0.5, 0.6) is 0 Å². The molecule has 3 N–H and O–H groups in total. The number of nitrogens with zero attached hydrogens (tertiary/aromatic N) is 1. The molecule has 0 aliphatic carbocycles. The molecule has 118 valence electrons. The molecule has 0 aromatic carbocycles. The van der Waals surface area contributed by atoms with Gasteiger partial charge in [0.2, 0.25) is 0 Å². The Balaban J connectivity index is 4.28. The number of carbonyl (C=O) groups excluding carboxylic acids is 1. The molecule has 2 amide bonds. The van der Waals surface area contributed by atoms with Gasteiger partial charge in [-0.3, -0.25) is 0 Å². The van der Waals surface area contributed by atoms with E-state index in [-0.39, 0.29) is 25.0 Å². The quantitative estimate of drug-likeness (QED) is 0.501. The second-order valence-corrected chi connectivity index (χ2v) is 4.37. The zero-order chi connectivity index (χ0) is 15.5. The highest BCUT2D eigenvalue weighted by atomic mass is 16.5. The minimum atomic E-state index is -1.47. The number of carboxylic acids is 1. The second kappa shape index (κ2) is 10.4. The SMILES string of the molecule is COCCN(C(=O)NCCC(O)C(=O)O)C(C)COC. The molecule has 0 aromatic heterocycles. The van der Waals surface area contributed by atoms with Gasteiger partial charge in [0, 0.05) is 33.7 Å². The van der Waals surface area contributed by atoms with E-state index in [9.17, 15) is 9.59 Å². The van der Waals surface area contributed by atoms with Crippen molar-refractivity contribution in [2.45, 2.75) is 25.5 Å². The van der Waals surface area contributed by atoms with Crippen LogP contribution in [0, 0.1) is 0 Å². The lowest BCUT2D eigenvalue weighted by Gasteiger charge is -2.28. The highest BCUT2D eigenvalue weighted by molar-refractivity contribution is 5.75. The van der Waals surface area contributed by atoms with E-state index >= 15 is 0 Å². The van der Waals surface area contributed by atoms with Crippen LogP contribution in [0.1, 0.15) is 13.3 Å². The number of aliphatic carboxylic acids is 1. The Morgan fingerprint density at radius 3 is 2.45 bits per heavy atom. The fourth-order valence-corrected chi connectivity index (χ4v) is 1.58. The van der Waals surface area contributed by atoms with Crippen LogP contribution in [0.4, 0.5) is 4.79 Å². The number of amides is 2. The van der Waals surface area contributed by atoms with E-state index < -0.39 is 12.1 Å². The topological polar surface area (TPSA) is 108 Å². The van der Waals surface area contributed by atoms with Crippen molar-refractivity contribution in [1.29, 1.82) is 0 Å². The van der Waals surface area contributed by atoms with Crippen molar-refractivity contribution in [1.82, 2.24) is 10.2 Å². The van der Waals surface area contributed by atoms with Crippen LogP contribution in [-0.2, 0) is 14.3 Å². The predicted octanol–water partition coefficient (Wildman–Crippen LogP) is -0.485. The number of hydrogen-bond donors (Lipinski definition) is 3. The first-order valence-corrected chi connectivity index (χ1v) is 6.37. The Kier molecular flexibility index (Phi) is 9.69. The molecule has 8 nitrogen and oxygen atoms in total. The van der Waals surface area contributed by atoms with Gasteiger partial charge in [-0.2, -0.15) is 0 Å². The molecule has 0 fully saturated rings. The van der Waals surface area contributed by atoms with Gasteiger partial charge in [-0.1, -0.05) is 0 Å². The molecule has 0 aromatic rings. The van der Waals surface area contributed by atoms with Crippen molar-refractivity contribution in [3.8, 4) is 0 Å². The second-order valence-electron chi connectivity index (χ2n) is 4.37. The number of methoxy groups -OCH3 is 2. The molecule has 2 unspecified atom stereocenters. The van der Waals surface area contributed by atoms with Gasteiger partial charge in [0.15, 0.2) is 6.10 Å². The van der Waals surface area contributed by atoms with Crippen LogP contribution < -0.4 is 5.32 Å². The predicted molar refractivity (Wildman–Crippen MR) is 71.6 cm³/mol. The van der Waals surface area contributed by atoms with E-state index in [2.05, 4.69) is 5.32 Å². The van der Waals surface area contributed by atoms with Gasteiger partial charge in [0.05, 0.1) is 19.3 Å². The highest BCUT2D eigenvalue weighted by Crippen LogP contribution is 2.01. The molecule has 2 atom stereocenters. The Bertz CT molecular complexity index is 300. The van der Waals surface area contributed by atoms with E-state index in [1.54, 1.807) is 19.1 Å². The Hall–Kier alpha value is -1.38. The van der Waals surface area contributed by atoms with E-state index in [1.807, 2.05) is 6.92 Å². The molecule has 0 rings (SSSR count). The summed E-state index contributed by atoms with van der Waals surface area (Å²) in [7, 11) is 3.09. The lowest BCUT2D eigenvalue weighted by Crippen LogP contribution is -2.48. The van der Waals surface area contributed by atoms with Gasteiger partial charge in [-0.05, 0) is 6.92 Å². The summed E-state index contributed by atoms with van der Waals surface area (Å²) in [5.41, 5.74) is 0. The number of aliphatic hydroxyl groups excluding tert-OH is 1. The van der Waals surface area contributed by atoms with Crippen molar-refractivity contribution < 1.29 is 29.3 Å². The number of urea groups is 1. The van der Waals surface area contributed by atoms with Crippen LogP contribution in [0.3, 0.4) is 0 Å². The molecule has 0 saturated carbocycles. The van der Waals surface area contributed by atoms with E-state index in [4.69, 9.17) is 19.7 Å². The van der Waals surface area contributed by atoms with Gasteiger partial charge in [0.1, 0.15) is 0 Å². The maximum Gasteiger partial charge on any atom is 0.332 e. The molecule has 0 heterocycles.